The van der Waals surface area contributed by atoms with Gasteiger partial charge in [-0.1, -0.05) is 0 Å². The van der Waals surface area contributed by atoms with Crippen LogP contribution in [0, 0.1) is 6.92 Å². The van der Waals surface area contributed by atoms with E-state index in [0.717, 1.165) is 5.56 Å². The van der Waals surface area contributed by atoms with E-state index in [2.05, 4.69) is 5.32 Å². The molecule has 1 amide bonds. The maximum atomic E-state index is 12.3. The van der Waals surface area contributed by atoms with Gasteiger partial charge in [0.05, 0.1) is 19.9 Å². The maximum absolute atomic E-state index is 12.3. The van der Waals surface area contributed by atoms with Crippen molar-refractivity contribution < 1.29 is 14.3 Å². The van der Waals surface area contributed by atoms with Gasteiger partial charge in [0.25, 0.3) is 5.91 Å². The van der Waals surface area contributed by atoms with Crippen molar-refractivity contribution in [1.82, 2.24) is 0 Å². The average Bonchev–Trinajstić information content (AvgIpc) is 2.50. The fourth-order valence-electron chi connectivity index (χ4n) is 1.91. The van der Waals surface area contributed by atoms with Gasteiger partial charge in [-0.2, -0.15) is 0 Å². The summed E-state index contributed by atoms with van der Waals surface area (Å²) in [5.41, 5.74) is 8.40. The van der Waals surface area contributed by atoms with Crippen LogP contribution in [-0.2, 0) is 0 Å². The molecule has 2 aromatic rings. The molecule has 0 atom stereocenters. The smallest absolute Gasteiger partial charge is 0.255 e. The number of hydrogen-bond acceptors (Lipinski definition) is 4. The molecule has 5 heteroatoms. The average molecular weight is 286 g/mol. The van der Waals surface area contributed by atoms with Crippen LogP contribution in [0.1, 0.15) is 15.9 Å². The first kappa shape index (κ1) is 14.7. The van der Waals surface area contributed by atoms with Gasteiger partial charge in [-0.25, -0.2) is 0 Å². The third-order valence-electron chi connectivity index (χ3n) is 3.19. The standard InChI is InChI=1S/C16H18N2O3/c1-10-8-11(4-6-13(10)17)16(19)18-14-7-5-12(20-2)9-15(14)21-3/h4-9H,17H2,1-3H3,(H,18,19). The highest BCUT2D eigenvalue weighted by atomic mass is 16.5. The lowest BCUT2D eigenvalue weighted by Gasteiger charge is -2.12. The Labute approximate surface area is 123 Å². The van der Waals surface area contributed by atoms with Crippen LogP contribution in [-0.4, -0.2) is 20.1 Å². The van der Waals surface area contributed by atoms with E-state index in [0.29, 0.717) is 28.4 Å². The lowest BCUT2D eigenvalue weighted by molar-refractivity contribution is 0.102. The van der Waals surface area contributed by atoms with E-state index in [4.69, 9.17) is 15.2 Å². The molecule has 0 unspecified atom stereocenters. The van der Waals surface area contributed by atoms with Crippen molar-refractivity contribution in [2.45, 2.75) is 6.92 Å². The summed E-state index contributed by atoms with van der Waals surface area (Å²) in [6, 6.07) is 10.4. The van der Waals surface area contributed by atoms with Crippen LogP contribution in [0.5, 0.6) is 11.5 Å². The van der Waals surface area contributed by atoms with E-state index >= 15 is 0 Å². The molecule has 5 nitrogen and oxygen atoms in total. The van der Waals surface area contributed by atoms with Crippen LogP contribution in [0.2, 0.25) is 0 Å². The van der Waals surface area contributed by atoms with Crippen molar-refractivity contribution in [3.63, 3.8) is 0 Å². The fourth-order valence-corrected chi connectivity index (χ4v) is 1.91. The number of hydrogen-bond donors (Lipinski definition) is 2. The number of carbonyl (C=O) groups excluding carboxylic acids is 1. The molecule has 0 aliphatic heterocycles. The normalized spacial score (nSPS) is 10.0. The molecular formula is C16H18N2O3. The minimum absolute atomic E-state index is 0.221. The van der Waals surface area contributed by atoms with Crippen molar-refractivity contribution in [3.05, 3.63) is 47.5 Å². The van der Waals surface area contributed by atoms with Crippen LogP contribution in [0.4, 0.5) is 11.4 Å². The second-order valence-electron chi connectivity index (χ2n) is 4.59. The Morgan fingerprint density at radius 1 is 1.10 bits per heavy atom. The molecule has 0 heterocycles. The van der Waals surface area contributed by atoms with E-state index in [1.807, 2.05) is 6.92 Å². The molecule has 3 N–H and O–H groups in total. The van der Waals surface area contributed by atoms with Crippen molar-refractivity contribution in [2.75, 3.05) is 25.3 Å². The zero-order chi connectivity index (χ0) is 15.4. The third-order valence-corrected chi connectivity index (χ3v) is 3.19. The van der Waals surface area contributed by atoms with Gasteiger partial charge >= 0.3 is 0 Å². The van der Waals surface area contributed by atoms with Gasteiger partial charge in [0.2, 0.25) is 0 Å². The van der Waals surface area contributed by atoms with Gasteiger partial charge in [0, 0.05) is 17.3 Å². The van der Waals surface area contributed by atoms with Crippen LogP contribution in [0.25, 0.3) is 0 Å². The molecule has 0 saturated heterocycles. The number of nitrogens with two attached hydrogens (primary N) is 1. The van der Waals surface area contributed by atoms with Crippen LogP contribution in [0.15, 0.2) is 36.4 Å². The van der Waals surface area contributed by atoms with Gasteiger partial charge < -0.3 is 20.5 Å². The monoisotopic (exact) mass is 286 g/mol. The third kappa shape index (κ3) is 3.25. The topological polar surface area (TPSA) is 73.6 Å². The molecule has 0 spiro atoms. The summed E-state index contributed by atoms with van der Waals surface area (Å²) in [5, 5.41) is 2.82. The minimum Gasteiger partial charge on any atom is -0.497 e. The highest BCUT2D eigenvalue weighted by molar-refractivity contribution is 6.05. The lowest BCUT2D eigenvalue weighted by atomic mass is 10.1. The first-order valence-corrected chi connectivity index (χ1v) is 6.44. The molecule has 0 bridgehead atoms. The van der Waals surface area contributed by atoms with Gasteiger partial charge in [0.1, 0.15) is 11.5 Å². The van der Waals surface area contributed by atoms with Crippen LogP contribution < -0.4 is 20.5 Å². The number of methoxy groups -OCH3 is 2. The Kier molecular flexibility index (Phi) is 4.33. The first-order chi connectivity index (χ1) is 10.0. The number of carbonyl (C=O) groups is 1. The highest BCUT2D eigenvalue weighted by Crippen LogP contribution is 2.29. The predicted octanol–water partition coefficient (Wildman–Crippen LogP) is 2.85. The lowest BCUT2D eigenvalue weighted by Crippen LogP contribution is -2.13. The molecule has 0 saturated carbocycles. The Morgan fingerprint density at radius 2 is 1.86 bits per heavy atom. The first-order valence-electron chi connectivity index (χ1n) is 6.44. The molecule has 21 heavy (non-hydrogen) atoms. The number of rotatable bonds is 4. The van der Waals surface area contributed by atoms with Gasteiger partial charge in [-0.05, 0) is 42.8 Å². The highest BCUT2D eigenvalue weighted by Gasteiger charge is 2.11. The quantitative estimate of drug-likeness (QED) is 0.848. The molecule has 0 aliphatic carbocycles. The Balaban J connectivity index is 2.24. The van der Waals surface area contributed by atoms with Crippen molar-refractivity contribution in [3.8, 4) is 11.5 Å². The summed E-state index contributed by atoms with van der Waals surface area (Å²) >= 11 is 0. The molecule has 2 aromatic carbocycles. The maximum Gasteiger partial charge on any atom is 0.255 e. The second kappa shape index (κ2) is 6.17. The van der Waals surface area contributed by atoms with Crippen LogP contribution >= 0.6 is 0 Å². The van der Waals surface area contributed by atoms with E-state index in [-0.39, 0.29) is 5.91 Å². The minimum atomic E-state index is -0.221. The van der Waals surface area contributed by atoms with E-state index < -0.39 is 0 Å². The number of amides is 1. The summed E-state index contributed by atoms with van der Waals surface area (Å²) in [7, 11) is 3.11. The van der Waals surface area contributed by atoms with E-state index in [1.165, 1.54) is 7.11 Å². The van der Waals surface area contributed by atoms with E-state index in [1.54, 1.807) is 43.5 Å². The summed E-state index contributed by atoms with van der Waals surface area (Å²) in [5.74, 6) is 0.976. The molecule has 110 valence electrons. The molecular weight excluding hydrogens is 268 g/mol. The van der Waals surface area contributed by atoms with E-state index in [9.17, 15) is 4.79 Å². The van der Waals surface area contributed by atoms with Gasteiger partial charge in [-0.15, -0.1) is 0 Å². The number of nitrogens with one attached hydrogen (secondary N) is 1. The number of nitrogen functional groups attached to an aromatic ring is 1. The Morgan fingerprint density at radius 3 is 2.48 bits per heavy atom. The zero-order valence-corrected chi connectivity index (χ0v) is 12.3. The van der Waals surface area contributed by atoms with Crippen LogP contribution in [0.3, 0.4) is 0 Å². The molecule has 0 radical (unpaired) electrons. The molecule has 2 rings (SSSR count). The second-order valence-corrected chi connectivity index (χ2v) is 4.59. The largest absolute Gasteiger partial charge is 0.497 e. The predicted molar refractivity (Wildman–Crippen MR) is 83.1 cm³/mol. The summed E-state index contributed by atoms with van der Waals surface area (Å²) in [6.07, 6.45) is 0. The SMILES string of the molecule is COc1ccc(NC(=O)c2ccc(N)c(C)c2)c(OC)c1. The van der Waals surface area contributed by atoms with Crippen molar-refractivity contribution in [2.24, 2.45) is 0 Å². The Bertz CT molecular complexity index is 669. The summed E-state index contributed by atoms with van der Waals surface area (Å²) in [6.45, 7) is 1.86. The number of ether oxygens (including phenoxy) is 2. The molecule has 0 fully saturated rings. The number of aryl methyl sites for hydroxylation is 1. The molecule has 0 aliphatic rings. The zero-order valence-electron chi connectivity index (χ0n) is 12.3. The fraction of sp³-hybridized carbons (Fsp3) is 0.188. The van der Waals surface area contributed by atoms with Crippen molar-refractivity contribution >= 4 is 17.3 Å². The summed E-state index contributed by atoms with van der Waals surface area (Å²) < 4.78 is 10.4. The summed E-state index contributed by atoms with van der Waals surface area (Å²) in [4.78, 5) is 12.3. The van der Waals surface area contributed by atoms with Crippen molar-refractivity contribution in [1.29, 1.82) is 0 Å². The number of anilines is 2. The molecule has 0 aromatic heterocycles. The number of benzene rings is 2. The van der Waals surface area contributed by atoms with Gasteiger partial charge in [0.15, 0.2) is 0 Å². The Hall–Kier alpha value is -2.69. The van der Waals surface area contributed by atoms with Gasteiger partial charge in [-0.3, -0.25) is 4.79 Å².